The summed E-state index contributed by atoms with van der Waals surface area (Å²) in [7, 11) is -3.00. The van der Waals surface area contributed by atoms with Crippen LogP contribution in [0.4, 0.5) is 0 Å². The van der Waals surface area contributed by atoms with E-state index in [1.54, 1.807) is 6.92 Å². The smallest absolute Gasteiger partial charge is 0.155 e. The van der Waals surface area contributed by atoms with Crippen LogP contribution in [0.25, 0.3) is 0 Å². The van der Waals surface area contributed by atoms with Gasteiger partial charge in [0.15, 0.2) is 9.84 Å². The Balaban J connectivity index is 2.24. The zero-order valence-electron chi connectivity index (χ0n) is 8.63. The summed E-state index contributed by atoms with van der Waals surface area (Å²) in [6.45, 7) is 1.67. The van der Waals surface area contributed by atoms with Gasteiger partial charge in [-0.2, -0.15) is 0 Å². The van der Waals surface area contributed by atoms with E-state index in [0.717, 1.165) is 5.56 Å². The first kappa shape index (κ1) is 10.6. The largest absolute Gasteiger partial charge is 0.326 e. The van der Waals surface area contributed by atoms with E-state index < -0.39 is 9.84 Å². The highest BCUT2D eigenvalue weighted by atomic mass is 32.2. The molecule has 1 aliphatic rings. The normalized spacial score (nSPS) is 30.1. The van der Waals surface area contributed by atoms with Crippen molar-refractivity contribution in [3.8, 4) is 0 Å². The monoisotopic (exact) mass is 225 g/mol. The van der Waals surface area contributed by atoms with E-state index >= 15 is 0 Å². The molecule has 0 spiro atoms. The third-order valence-electron chi connectivity index (χ3n) is 3.01. The van der Waals surface area contributed by atoms with Gasteiger partial charge in [0.05, 0.1) is 5.25 Å². The molecule has 0 aliphatic heterocycles. The molecule has 0 amide bonds. The molecule has 0 saturated heterocycles. The van der Waals surface area contributed by atoms with Crippen molar-refractivity contribution in [1.29, 1.82) is 0 Å². The second-order valence-electron chi connectivity index (χ2n) is 3.93. The first-order valence-corrected chi connectivity index (χ1v) is 6.81. The van der Waals surface area contributed by atoms with Crippen molar-refractivity contribution < 1.29 is 8.42 Å². The summed E-state index contributed by atoms with van der Waals surface area (Å²) in [4.78, 5) is 0. The summed E-state index contributed by atoms with van der Waals surface area (Å²) < 4.78 is 23.4. The Morgan fingerprint density at radius 2 is 1.87 bits per heavy atom. The molecule has 3 atom stereocenters. The first-order chi connectivity index (χ1) is 7.08. The molecule has 15 heavy (non-hydrogen) atoms. The van der Waals surface area contributed by atoms with E-state index in [4.69, 9.17) is 5.73 Å². The molecule has 1 aromatic rings. The van der Waals surface area contributed by atoms with Crippen molar-refractivity contribution in [3.05, 3.63) is 35.9 Å². The number of rotatable bonds is 3. The van der Waals surface area contributed by atoms with E-state index in [1.807, 2.05) is 30.3 Å². The van der Waals surface area contributed by atoms with Gasteiger partial charge in [-0.05, 0) is 5.56 Å². The van der Waals surface area contributed by atoms with Crippen molar-refractivity contribution in [2.24, 2.45) is 5.73 Å². The van der Waals surface area contributed by atoms with Gasteiger partial charge >= 0.3 is 0 Å². The maximum atomic E-state index is 11.7. The van der Waals surface area contributed by atoms with Gasteiger partial charge in [-0.25, -0.2) is 8.42 Å². The summed E-state index contributed by atoms with van der Waals surface area (Å²) in [6, 6.07) is 9.40. The summed E-state index contributed by atoms with van der Waals surface area (Å²) in [5, 5.41) is -0.370. The van der Waals surface area contributed by atoms with Gasteiger partial charge in [0.25, 0.3) is 0 Å². The molecule has 2 rings (SSSR count). The minimum atomic E-state index is -3.00. The number of hydrogen-bond acceptors (Lipinski definition) is 3. The van der Waals surface area contributed by atoms with Crippen LogP contribution < -0.4 is 5.73 Å². The summed E-state index contributed by atoms with van der Waals surface area (Å²) >= 11 is 0. The van der Waals surface area contributed by atoms with E-state index in [-0.39, 0.29) is 23.0 Å². The van der Waals surface area contributed by atoms with E-state index in [9.17, 15) is 8.42 Å². The molecule has 0 radical (unpaired) electrons. The SMILES string of the molecule is CCS(=O)(=O)[C@@H]1[C@H](N)[C@@H]1c1ccccc1. The predicted molar refractivity (Wildman–Crippen MR) is 60.4 cm³/mol. The molecule has 1 aliphatic carbocycles. The predicted octanol–water partition coefficient (Wildman–Crippen LogP) is 0.914. The van der Waals surface area contributed by atoms with Gasteiger partial charge in [-0.1, -0.05) is 37.3 Å². The lowest BCUT2D eigenvalue weighted by atomic mass is 10.1. The van der Waals surface area contributed by atoms with Gasteiger partial charge in [-0.15, -0.1) is 0 Å². The zero-order valence-corrected chi connectivity index (χ0v) is 9.44. The summed E-state index contributed by atoms with van der Waals surface area (Å²) in [5.74, 6) is 0.172. The highest BCUT2D eigenvalue weighted by Crippen LogP contribution is 2.44. The van der Waals surface area contributed by atoms with Crippen LogP contribution in [0.15, 0.2) is 30.3 Å². The molecule has 0 aromatic heterocycles. The van der Waals surface area contributed by atoms with Crippen LogP contribution in [-0.2, 0) is 9.84 Å². The third-order valence-corrected chi connectivity index (χ3v) is 5.25. The fourth-order valence-corrected chi connectivity index (χ4v) is 3.78. The Morgan fingerprint density at radius 1 is 1.27 bits per heavy atom. The van der Waals surface area contributed by atoms with Crippen LogP contribution in [-0.4, -0.2) is 25.5 Å². The van der Waals surface area contributed by atoms with Gasteiger partial charge < -0.3 is 5.73 Å². The van der Waals surface area contributed by atoms with Crippen molar-refractivity contribution in [2.45, 2.75) is 24.1 Å². The summed E-state index contributed by atoms with van der Waals surface area (Å²) in [6.07, 6.45) is 0. The average molecular weight is 225 g/mol. The Hall–Kier alpha value is -0.870. The van der Waals surface area contributed by atoms with Crippen LogP contribution in [0.2, 0.25) is 0 Å². The van der Waals surface area contributed by atoms with E-state index in [2.05, 4.69) is 0 Å². The van der Waals surface area contributed by atoms with E-state index in [0.29, 0.717) is 0 Å². The number of hydrogen-bond donors (Lipinski definition) is 1. The minimum absolute atomic E-state index is 0.00356. The Kier molecular flexibility index (Phi) is 2.56. The highest BCUT2D eigenvalue weighted by Gasteiger charge is 2.55. The van der Waals surface area contributed by atoms with Gasteiger partial charge in [0, 0.05) is 17.7 Å². The van der Waals surface area contributed by atoms with Crippen LogP contribution in [0.1, 0.15) is 18.4 Å². The van der Waals surface area contributed by atoms with Crippen molar-refractivity contribution in [1.82, 2.24) is 0 Å². The lowest BCUT2D eigenvalue weighted by Crippen LogP contribution is -2.17. The molecule has 1 fully saturated rings. The molecule has 82 valence electrons. The summed E-state index contributed by atoms with van der Waals surface area (Å²) in [5.41, 5.74) is 6.86. The minimum Gasteiger partial charge on any atom is -0.326 e. The molecule has 0 heterocycles. The van der Waals surface area contributed by atoms with Gasteiger partial charge in [-0.3, -0.25) is 0 Å². The molecular weight excluding hydrogens is 210 g/mol. The van der Waals surface area contributed by atoms with Gasteiger partial charge in [0.1, 0.15) is 0 Å². The molecule has 0 bridgehead atoms. The van der Waals surface area contributed by atoms with E-state index in [1.165, 1.54) is 0 Å². The molecule has 1 saturated carbocycles. The fraction of sp³-hybridized carbons (Fsp3) is 0.455. The standard InChI is InChI=1S/C11H15NO2S/c1-2-15(13,14)11-9(10(11)12)8-6-4-3-5-7-8/h3-7,9-11H,2,12H2,1H3/t9-,10+,11-/m0/s1. The number of sulfone groups is 1. The van der Waals surface area contributed by atoms with Crippen LogP contribution in [0.5, 0.6) is 0 Å². The molecule has 3 nitrogen and oxygen atoms in total. The quantitative estimate of drug-likeness (QED) is 0.832. The molecule has 0 unspecified atom stereocenters. The Labute approximate surface area is 90.2 Å². The Bertz CT molecular complexity index is 441. The maximum Gasteiger partial charge on any atom is 0.155 e. The van der Waals surface area contributed by atoms with Crippen molar-refractivity contribution >= 4 is 9.84 Å². The lowest BCUT2D eigenvalue weighted by molar-refractivity contribution is 0.594. The third kappa shape index (κ3) is 1.79. The molecular formula is C11H15NO2S. The molecule has 1 aromatic carbocycles. The van der Waals surface area contributed by atoms with Crippen molar-refractivity contribution in [3.63, 3.8) is 0 Å². The second kappa shape index (κ2) is 3.61. The van der Waals surface area contributed by atoms with Crippen LogP contribution >= 0.6 is 0 Å². The first-order valence-electron chi connectivity index (χ1n) is 5.10. The number of benzene rings is 1. The lowest BCUT2D eigenvalue weighted by Gasteiger charge is -1.99. The van der Waals surface area contributed by atoms with Crippen molar-refractivity contribution in [2.75, 3.05) is 5.75 Å². The molecule has 2 N–H and O–H groups in total. The van der Waals surface area contributed by atoms with Crippen LogP contribution in [0.3, 0.4) is 0 Å². The molecule has 4 heteroatoms. The second-order valence-corrected chi connectivity index (χ2v) is 6.38. The van der Waals surface area contributed by atoms with Crippen LogP contribution in [0, 0.1) is 0 Å². The Morgan fingerprint density at radius 3 is 2.40 bits per heavy atom. The topological polar surface area (TPSA) is 60.2 Å². The number of nitrogens with two attached hydrogens (primary N) is 1. The average Bonchev–Trinajstić information content (AvgIpc) is 2.92. The fourth-order valence-electron chi connectivity index (χ4n) is 2.05. The van der Waals surface area contributed by atoms with Gasteiger partial charge in [0.2, 0.25) is 0 Å². The zero-order chi connectivity index (χ0) is 11.1. The highest BCUT2D eigenvalue weighted by molar-refractivity contribution is 7.92. The maximum absolute atomic E-state index is 11.7.